The van der Waals surface area contributed by atoms with Crippen LogP contribution in [0.3, 0.4) is 0 Å². The molecule has 12 heavy (non-hydrogen) atoms. The first kappa shape index (κ1) is 2.48. The first-order valence-electron chi connectivity index (χ1n) is 7.82. The van der Waals surface area contributed by atoms with E-state index in [0.29, 0.717) is 0 Å². The smallest absolute Gasteiger partial charge is 0.122 e. The highest BCUT2D eigenvalue weighted by Gasteiger charge is 2.23. The molecular formula is C10H12O2. The van der Waals surface area contributed by atoms with Gasteiger partial charge in [0, 0.05) is 0 Å². The fourth-order valence-corrected chi connectivity index (χ4v) is 0.630. The highest BCUT2D eigenvalue weighted by molar-refractivity contribution is 5.31. The van der Waals surface area contributed by atoms with Gasteiger partial charge in [0.05, 0.1) is 18.9 Å². The molecular weight excluding hydrogens is 152 g/mol. The van der Waals surface area contributed by atoms with E-state index in [1.54, 1.807) is 0 Å². The van der Waals surface area contributed by atoms with Crippen molar-refractivity contribution in [3.8, 4) is 5.75 Å². The number of benzene rings is 1. The molecule has 0 N–H and O–H groups in total. The van der Waals surface area contributed by atoms with Gasteiger partial charge in [-0.2, -0.15) is 0 Å². The van der Waals surface area contributed by atoms with Crippen LogP contribution >= 0.6 is 0 Å². The summed E-state index contributed by atoms with van der Waals surface area (Å²) in [5.74, 6) is -0.469. The molecule has 1 saturated heterocycles. The second-order valence-electron chi connectivity index (χ2n) is 2.19. The lowest BCUT2D eigenvalue weighted by molar-refractivity contribution is 0.262. The molecule has 1 heterocycles. The van der Waals surface area contributed by atoms with Gasteiger partial charge < -0.3 is 9.47 Å². The predicted octanol–water partition coefficient (Wildman–Crippen LogP) is 1.77. The van der Waals surface area contributed by atoms with Gasteiger partial charge in [-0.05, 0) is 18.5 Å². The molecule has 64 valence electrons. The van der Waals surface area contributed by atoms with Gasteiger partial charge in [0.2, 0.25) is 0 Å². The predicted molar refractivity (Wildman–Crippen MR) is 46.4 cm³/mol. The summed E-state index contributed by atoms with van der Waals surface area (Å²) in [4.78, 5) is 0. The van der Waals surface area contributed by atoms with Gasteiger partial charge in [-0.3, -0.25) is 0 Å². The standard InChI is InChI=1S/C10H12O2/c1-8-4-2-3-5-10(8)12-7-9-6-11-9/h2-5,9H,6-7H2,1H3/i2D,3D,4D,5D,6D2,7D2,9D. The molecule has 2 heteroatoms. The highest BCUT2D eigenvalue weighted by atomic mass is 16.6. The normalized spacial score (nSPS) is 42.9. The topological polar surface area (TPSA) is 21.8 Å². The average Bonchev–Trinajstić information content (AvgIpc) is 2.91. The molecule has 0 saturated carbocycles. The Morgan fingerprint density at radius 3 is 3.42 bits per heavy atom. The molecule has 2 rings (SSSR count). The Bertz CT molecular complexity index is 586. The molecule has 1 fully saturated rings. The minimum absolute atomic E-state index is 0.0327. The number of ether oxygens (including phenoxy) is 2. The second kappa shape index (κ2) is 3.15. The van der Waals surface area contributed by atoms with Crippen LogP contribution < -0.4 is 4.74 Å². The molecule has 1 unspecified atom stereocenters. The van der Waals surface area contributed by atoms with E-state index in [4.69, 9.17) is 17.1 Å². The molecule has 1 aromatic carbocycles. The lowest BCUT2D eigenvalue weighted by Crippen LogP contribution is -2.04. The van der Waals surface area contributed by atoms with E-state index >= 15 is 0 Å². The van der Waals surface area contributed by atoms with Crippen LogP contribution in [0.25, 0.3) is 0 Å². The first-order valence-corrected chi connectivity index (χ1v) is 3.32. The molecule has 1 atom stereocenters. The van der Waals surface area contributed by atoms with E-state index < -0.39 is 43.1 Å². The lowest BCUT2D eigenvalue weighted by Gasteiger charge is -2.06. The Labute approximate surface area is 84.8 Å². The molecule has 2 nitrogen and oxygen atoms in total. The van der Waals surface area contributed by atoms with Crippen molar-refractivity contribution >= 4 is 0 Å². The summed E-state index contributed by atoms with van der Waals surface area (Å²) < 4.78 is 77.1. The van der Waals surface area contributed by atoms with Crippen molar-refractivity contribution in [2.45, 2.75) is 13.0 Å². The molecule has 1 aromatic rings. The molecule has 0 radical (unpaired) electrons. The van der Waals surface area contributed by atoms with Crippen molar-refractivity contribution in [2.24, 2.45) is 0 Å². The van der Waals surface area contributed by atoms with E-state index in [1.807, 2.05) is 0 Å². The minimum atomic E-state index is -2.93. The van der Waals surface area contributed by atoms with Gasteiger partial charge in [-0.1, -0.05) is 18.1 Å². The molecule has 1 aliphatic heterocycles. The van der Waals surface area contributed by atoms with Gasteiger partial charge in [0.15, 0.2) is 0 Å². The molecule has 0 bridgehead atoms. The van der Waals surface area contributed by atoms with Gasteiger partial charge >= 0.3 is 0 Å². The van der Waals surface area contributed by atoms with Crippen molar-refractivity contribution in [1.82, 2.24) is 0 Å². The van der Waals surface area contributed by atoms with Crippen molar-refractivity contribution in [3.63, 3.8) is 0 Å². The number of hydrogen-bond donors (Lipinski definition) is 0. The van der Waals surface area contributed by atoms with E-state index in [-0.39, 0.29) is 11.6 Å². The van der Waals surface area contributed by atoms with Gasteiger partial charge in [-0.15, -0.1) is 0 Å². The molecule has 0 spiro atoms. The van der Waals surface area contributed by atoms with Crippen LogP contribution in [0.4, 0.5) is 0 Å². The largest absolute Gasteiger partial charge is 0.491 e. The van der Waals surface area contributed by atoms with Gasteiger partial charge in [-0.25, -0.2) is 0 Å². The van der Waals surface area contributed by atoms with Crippen LogP contribution in [-0.2, 0) is 4.74 Å². The summed E-state index contributed by atoms with van der Waals surface area (Å²) in [6.07, 6.45) is -2.59. The summed E-state index contributed by atoms with van der Waals surface area (Å²) in [6.45, 7) is -4.14. The van der Waals surface area contributed by atoms with Crippen molar-refractivity contribution in [2.75, 3.05) is 13.1 Å². The van der Waals surface area contributed by atoms with Gasteiger partial charge in [0.25, 0.3) is 0 Å². The maximum atomic E-state index is 7.70. The Morgan fingerprint density at radius 2 is 2.67 bits per heavy atom. The van der Waals surface area contributed by atoms with E-state index in [9.17, 15) is 0 Å². The van der Waals surface area contributed by atoms with Crippen molar-refractivity contribution < 1.29 is 21.8 Å². The van der Waals surface area contributed by atoms with Crippen LogP contribution in [0.1, 0.15) is 17.9 Å². The number of epoxide rings is 1. The fourth-order valence-electron chi connectivity index (χ4n) is 0.630. The van der Waals surface area contributed by atoms with Crippen molar-refractivity contribution in [3.05, 3.63) is 29.7 Å². The zero-order chi connectivity index (χ0) is 16.4. The summed E-state index contributed by atoms with van der Waals surface area (Å²) in [5.41, 5.74) is -0.0327. The van der Waals surface area contributed by atoms with Crippen LogP contribution in [0.2, 0.25) is 0 Å². The number of rotatable bonds is 3. The third-order valence-electron chi connectivity index (χ3n) is 1.28. The summed E-state index contributed by atoms with van der Waals surface area (Å²) in [6, 6.07) is -2.07. The average molecular weight is 173 g/mol. The zero-order valence-electron chi connectivity index (χ0n) is 15.3. The van der Waals surface area contributed by atoms with E-state index in [2.05, 4.69) is 4.74 Å². The van der Waals surface area contributed by atoms with Crippen LogP contribution in [0, 0.1) is 6.92 Å². The number of para-hydroxylation sites is 1. The van der Waals surface area contributed by atoms with Crippen LogP contribution in [0.5, 0.6) is 5.75 Å². The highest BCUT2D eigenvalue weighted by Crippen LogP contribution is 2.18. The molecule has 1 aliphatic rings. The van der Waals surface area contributed by atoms with Crippen molar-refractivity contribution in [1.29, 1.82) is 0 Å². The third-order valence-corrected chi connectivity index (χ3v) is 1.28. The Morgan fingerprint density at radius 1 is 1.92 bits per heavy atom. The zero-order valence-corrected chi connectivity index (χ0v) is 6.32. The maximum Gasteiger partial charge on any atom is 0.122 e. The second-order valence-corrected chi connectivity index (χ2v) is 2.19. The summed E-state index contributed by atoms with van der Waals surface area (Å²) in [5, 5.41) is 0. The monoisotopic (exact) mass is 173 g/mol. The quantitative estimate of drug-likeness (QED) is 0.650. The summed E-state index contributed by atoms with van der Waals surface area (Å²) in [7, 11) is 0. The minimum Gasteiger partial charge on any atom is -0.491 e. The lowest BCUT2D eigenvalue weighted by atomic mass is 10.2. The molecule has 0 aliphatic carbocycles. The number of hydrogen-bond acceptors (Lipinski definition) is 2. The summed E-state index contributed by atoms with van der Waals surface area (Å²) >= 11 is 0. The fraction of sp³-hybridized carbons (Fsp3) is 0.400. The first-order chi connectivity index (χ1) is 9.36. The Hall–Kier alpha value is -1.02. The van der Waals surface area contributed by atoms with E-state index in [0.717, 1.165) is 0 Å². The SMILES string of the molecule is [2H]c1c([2H])c([2H])c(OC([2H])([2H])C2([2H])OC2([2H])[2H])c(C)c1[2H]. The third kappa shape index (κ3) is 1.77. The van der Waals surface area contributed by atoms with E-state index in [1.165, 1.54) is 6.92 Å². The molecule has 0 amide bonds. The Kier molecular flexibility index (Phi) is 0.653. The molecule has 0 aromatic heterocycles. The maximum absolute atomic E-state index is 7.70. The van der Waals surface area contributed by atoms with Crippen LogP contribution in [-0.4, -0.2) is 19.2 Å². The van der Waals surface area contributed by atoms with Gasteiger partial charge in [0.1, 0.15) is 18.4 Å². The van der Waals surface area contributed by atoms with Crippen LogP contribution in [0.15, 0.2) is 24.2 Å². The Balaban J connectivity index is 2.46.